The van der Waals surface area contributed by atoms with Crippen molar-refractivity contribution in [3.63, 3.8) is 0 Å². The highest BCUT2D eigenvalue weighted by atomic mass is 16.5. The van der Waals surface area contributed by atoms with Crippen molar-refractivity contribution in [1.82, 2.24) is 10.6 Å². The number of carbonyl (C=O) groups excluding carboxylic acids is 2. The quantitative estimate of drug-likeness (QED) is 0.693. The Morgan fingerprint density at radius 3 is 2.62 bits per heavy atom. The maximum atomic E-state index is 12.6. The minimum absolute atomic E-state index is 0.0378. The number of ether oxygens (including phenoxy) is 1. The van der Waals surface area contributed by atoms with Crippen LogP contribution in [0.15, 0.2) is 0 Å². The molecule has 0 bridgehead atoms. The van der Waals surface area contributed by atoms with Crippen LogP contribution in [0, 0.1) is 28.1 Å². The fraction of sp³-hybridized carbons (Fsp3) is 0.850. The molecule has 2 aliphatic rings. The fourth-order valence-corrected chi connectivity index (χ4v) is 3.27. The van der Waals surface area contributed by atoms with Gasteiger partial charge in [-0.2, -0.15) is 5.26 Å². The van der Waals surface area contributed by atoms with Gasteiger partial charge >= 0.3 is 0 Å². The lowest BCUT2D eigenvalue weighted by Crippen LogP contribution is -2.54. The standard InChI is InChI=1S/C20H33N3O3/c1-19(2,3)16(23-17(24)7-4-6-15-8-9-15)12-22-18(25)20(13-21)10-5-11-26-14-20/h15-16H,4-12,14H2,1-3H3,(H,22,25)(H,23,24). The largest absolute Gasteiger partial charge is 0.379 e. The van der Waals surface area contributed by atoms with E-state index < -0.39 is 5.41 Å². The number of carbonyl (C=O) groups is 2. The summed E-state index contributed by atoms with van der Waals surface area (Å²) >= 11 is 0. The van der Waals surface area contributed by atoms with Crippen molar-refractivity contribution in [1.29, 1.82) is 5.26 Å². The van der Waals surface area contributed by atoms with Crippen molar-refractivity contribution < 1.29 is 14.3 Å². The molecule has 0 aromatic rings. The summed E-state index contributed by atoms with van der Waals surface area (Å²) in [6.07, 6.45) is 6.44. The molecule has 2 fully saturated rings. The van der Waals surface area contributed by atoms with E-state index in [0.29, 0.717) is 32.4 Å². The van der Waals surface area contributed by atoms with Crippen molar-refractivity contribution in [2.24, 2.45) is 16.7 Å². The molecular formula is C20H33N3O3. The molecule has 1 saturated carbocycles. The van der Waals surface area contributed by atoms with Crippen LogP contribution in [-0.4, -0.2) is 37.6 Å². The van der Waals surface area contributed by atoms with Crippen LogP contribution in [-0.2, 0) is 14.3 Å². The Hall–Kier alpha value is -1.61. The first-order valence-corrected chi connectivity index (χ1v) is 9.83. The molecule has 2 amide bonds. The Labute approximate surface area is 157 Å². The third kappa shape index (κ3) is 5.98. The van der Waals surface area contributed by atoms with Gasteiger partial charge in [-0.1, -0.05) is 33.6 Å². The van der Waals surface area contributed by atoms with Crippen molar-refractivity contribution in [2.45, 2.75) is 71.8 Å². The van der Waals surface area contributed by atoms with E-state index in [1.165, 1.54) is 12.8 Å². The maximum Gasteiger partial charge on any atom is 0.242 e. The zero-order chi connectivity index (χ0) is 19.2. The van der Waals surface area contributed by atoms with E-state index >= 15 is 0 Å². The Morgan fingerprint density at radius 2 is 2.08 bits per heavy atom. The summed E-state index contributed by atoms with van der Waals surface area (Å²) in [4.78, 5) is 24.9. The van der Waals surface area contributed by atoms with Crippen molar-refractivity contribution >= 4 is 11.8 Å². The summed E-state index contributed by atoms with van der Waals surface area (Å²) < 4.78 is 5.35. The van der Waals surface area contributed by atoms with Crippen LogP contribution in [0.3, 0.4) is 0 Å². The fourth-order valence-electron chi connectivity index (χ4n) is 3.27. The molecule has 0 aromatic carbocycles. The normalized spacial score (nSPS) is 24.4. The van der Waals surface area contributed by atoms with Gasteiger partial charge in [-0.15, -0.1) is 0 Å². The molecule has 1 aliphatic heterocycles. The molecule has 1 saturated heterocycles. The van der Waals surface area contributed by atoms with Crippen LogP contribution in [0.5, 0.6) is 0 Å². The van der Waals surface area contributed by atoms with Crippen LogP contribution < -0.4 is 10.6 Å². The van der Waals surface area contributed by atoms with Gasteiger partial charge < -0.3 is 15.4 Å². The lowest BCUT2D eigenvalue weighted by molar-refractivity contribution is -0.134. The molecule has 1 aliphatic carbocycles. The van der Waals surface area contributed by atoms with Crippen molar-refractivity contribution in [2.75, 3.05) is 19.8 Å². The van der Waals surface area contributed by atoms with Crippen molar-refractivity contribution in [3.8, 4) is 6.07 Å². The molecular weight excluding hydrogens is 330 g/mol. The van der Waals surface area contributed by atoms with Crippen LogP contribution >= 0.6 is 0 Å². The molecule has 0 spiro atoms. The SMILES string of the molecule is CC(C)(C)C(CNC(=O)C1(C#N)CCCOC1)NC(=O)CCCC1CC1. The number of nitriles is 1. The van der Waals surface area contributed by atoms with Gasteiger partial charge in [-0.05, 0) is 37.0 Å². The van der Waals surface area contributed by atoms with Gasteiger partial charge in [0.2, 0.25) is 11.8 Å². The summed E-state index contributed by atoms with van der Waals surface area (Å²) in [6, 6.07) is 1.96. The average Bonchev–Trinajstić information content (AvgIpc) is 3.42. The third-order valence-electron chi connectivity index (χ3n) is 5.45. The molecule has 2 unspecified atom stereocenters. The molecule has 6 heteroatoms. The predicted molar refractivity (Wildman–Crippen MR) is 99.1 cm³/mol. The summed E-state index contributed by atoms with van der Waals surface area (Å²) in [5, 5.41) is 15.4. The number of nitrogens with zero attached hydrogens (tertiary/aromatic N) is 1. The van der Waals surface area contributed by atoms with E-state index in [4.69, 9.17) is 4.74 Å². The smallest absolute Gasteiger partial charge is 0.242 e. The zero-order valence-corrected chi connectivity index (χ0v) is 16.4. The van der Waals surface area contributed by atoms with Gasteiger partial charge in [-0.25, -0.2) is 0 Å². The Balaban J connectivity index is 1.85. The second-order valence-corrected chi connectivity index (χ2v) is 8.88. The minimum Gasteiger partial charge on any atom is -0.379 e. The summed E-state index contributed by atoms with van der Waals surface area (Å²) in [6.45, 7) is 7.18. The first-order chi connectivity index (χ1) is 12.3. The van der Waals surface area contributed by atoms with E-state index in [0.717, 1.165) is 18.8 Å². The van der Waals surface area contributed by atoms with E-state index in [1.807, 2.05) is 20.8 Å². The number of rotatable bonds is 8. The molecule has 146 valence electrons. The topological polar surface area (TPSA) is 91.2 Å². The Bertz CT molecular complexity index is 537. The van der Waals surface area contributed by atoms with Gasteiger partial charge in [-0.3, -0.25) is 9.59 Å². The first kappa shape index (κ1) is 20.7. The number of amides is 2. The summed E-state index contributed by atoms with van der Waals surface area (Å²) in [7, 11) is 0. The van der Waals surface area contributed by atoms with Crippen LogP contribution in [0.1, 0.15) is 65.7 Å². The lowest BCUT2D eigenvalue weighted by Gasteiger charge is -2.34. The van der Waals surface area contributed by atoms with E-state index in [-0.39, 0.29) is 29.9 Å². The second-order valence-electron chi connectivity index (χ2n) is 8.88. The van der Waals surface area contributed by atoms with Crippen LogP contribution in [0.2, 0.25) is 0 Å². The monoisotopic (exact) mass is 363 g/mol. The Morgan fingerprint density at radius 1 is 1.35 bits per heavy atom. The highest BCUT2D eigenvalue weighted by molar-refractivity contribution is 5.85. The lowest BCUT2D eigenvalue weighted by atomic mass is 9.82. The molecule has 6 nitrogen and oxygen atoms in total. The van der Waals surface area contributed by atoms with Crippen LogP contribution in [0.25, 0.3) is 0 Å². The van der Waals surface area contributed by atoms with Gasteiger partial charge in [0.15, 0.2) is 5.41 Å². The zero-order valence-electron chi connectivity index (χ0n) is 16.4. The molecule has 1 heterocycles. The molecule has 2 atom stereocenters. The second kappa shape index (κ2) is 8.85. The highest BCUT2D eigenvalue weighted by Gasteiger charge is 2.41. The van der Waals surface area contributed by atoms with Gasteiger partial charge in [0.25, 0.3) is 0 Å². The van der Waals surface area contributed by atoms with E-state index in [1.54, 1.807) is 0 Å². The Kier molecular flexibility index (Phi) is 7.05. The van der Waals surface area contributed by atoms with Gasteiger partial charge in [0.05, 0.1) is 18.7 Å². The molecule has 26 heavy (non-hydrogen) atoms. The van der Waals surface area contributed by atoms with E-state index in [9.17, 15) is 14.9 Å². The maximum absolute atomic E-state index is 12.6. The molecule has 0 aromatic heterocycles. The third-order valence-corrected chi connectivity index (χ3v) is 5.45. The number of nitrogens with one attached hydrogen (secondary N) is 2. The predicted octanol–water partition coefficient (Wildman–Crippen LogP) is 2.53. The van der Waals surface area contributed by atoms with Crippen LogP contribution in [0.4, 0.5) is 0 Å². The number of hydrogen-bond acceptors (Lipinski definition) is 4. The van der Waals surface area contributed by atoms with Gasteiger partial charge in [0.1, 0.15) is 0 Å². The average molecular weight is 364 g/mol. The molecule has 0 radical (unpaired) electrons. The summed E-state index contributed by atoms with van der Waals surface area (Å²) in [5.41, 5.74) is -1.29. The summed E-state index contributed by atoms with van der Waals surface area (Å²) in [5.74, 6) is 0.577. The number of hydrogen-bond donors (Lipinski definition) is 2. The van der Waals surface area contributed by atoms with E-state index in [2.05, 4.69) is 16.7 Å². The van der Waals surface area contributed by atoms with Crippen molar-refractivity contribution in [3.05, 3.63) is 0 Å². The highest BCUT2D eigenvalue weighted by Crippen LogP contribution is 2.34. The molecule has 2 N–H and O–H groups in total. The molecule has 2 rings (SSSR count). The van der Waals surface area contributed by atoms with Gasteiger partial charge in [0, 0.05) is 19.6 Å². The minimum atomic E-state index is -1.10. The first-order valence-electron chi connectivity index (χ1n) is 9.83.